The van der Waals surface area contributed by atoms with Crippen LogP contribution in [0.5, 0.6) is 5.88 Å². The van der Waals surface area contributed by atoms with Crippen molar-refractivity contribution in [1.82, 2.24) is 4.98 Å². The van der Waals surface area contributed by atoms with Crippen LogP contribution in [0.3, 0.4) is 0 Å². The Morgan fingerprint density at radius 2 is 1.81 bits per heavy atom. The van der Waals surface area contributed by atoms with Crippen LogP contribution in [0.4, 0.5) is 22.0 Å². The van der Waals surface area contributed by atoms with E-state index in [1.54, 1.807) is 12.1 Å². The van der Waals surface area contributed by atoms with Crippen LogP contribution in [0.1, 0.15) is 26.7 Å². The first-order valence-corrected chi connectivity index (χ1v) is 9.26. The Morgan fingerprint density at radius 1 is 1.11 bits per heavy atom. The first-order chi connectivity index (χ1) is 13.1. The lowest BCUT2D eigenvalue weighted by atomic mass is 10.3. The number of hydrogen-bond donors (Lipinski definition) is 2. The summed E-state index contributed by atoms with van der Waals surface area (Å²) in [5.41, 5.74) is 7.58. The summed E-state index contributed by atoms with van der Waals surface area (Å²) in [5.74, 6) is 0.830. The van der Waals surface area contributed by atoms with Gasteiger partial charge in [0.25, 0.3) is 0 Å². The van der Waals surface area contributed by atoms with Crippen molar-refractivity contribution in [3.63, 3.8) is 0 Å². The predicted molar refractivity (Wildman–Crippen MR) is 108 cm³/mol. The molecule has 0 unspecified atom stereocenters. The second kappa shape index (κ2) is 10.9. The summed E-state index contributed by atoms with van der Waals surface area (Å²) in [6.07, 6.45) is 1.56. The Kier molecular flexibility index (Phi) is 8.22. The molecule has 0 radical (unpaired) electrons. The number of nitrogens with two attached hydrogens (primary N) is 1. The lowest BCUT2D eigenvalue weighted by Crippen LogP contribution is -2.25. The standard InChI is InChI=1S/C20H28N4O3/c1-3-10-24(11-4-2)17-14-18(21)23-19(15-17)26-12-13-27-20(25)22-16-8-6-5-7-9-16/h5-9,14-15H,3-4,10-13H2,1-2H3,(H2,21,23)(H,22,25). The molecule has 0 saturated heterocycles. The first-order valence-electron chi connectivity index (χ1n) is 9.26. The highest BCUT2D eigenvalue weighted by Gasteiger charge is 2.09. The molecule has 0 aliphatic rings. The molecule has 3 N–H and O–H groups in total. The molecule has 0 atom stereocenters. The summed E-state index contributed by atoms with van der Waals surface area (Å²) < 4.78 is 10.7. The fourth-order valence-electron chi connectivity index (χ4n) is 2.63. The number of amides is 1. The summed E-state index contributed by atoms with van der Waals surface area (Å²) in [7, 11) is 0. The Bertz CT molecular complexity index is 704. The lowest BCUT2D eigenvalue weighted by molar-refractivity contribution is 0.136. The smallest absolute Gasteiger partial charge is 0.411 e. The minimum Gasteiger partial charge on any atom is -0.474 e. The third kappa shape index (κ3) is 7.05. The van der Waals surface area contributed by atoms with Crippen molar-refractivity contribution in [1.29, 1.82) is 0 Å². The summed E-state index contributed by atoms with van der Waals surface area (Å²) in [6.45, 7) is 6.47. The van der Waals surface area contributed by atoms with Crippen LogP contribution >= 0.6 is 0 Å². The number of nitrogens with one attached hydrogen (secondary N) is 1. The monoisotopic (exact) mass is 372 g/mol. The fourth-order valence-corrected chi connectivity index (χ4v) is 2.63. The van der Waals surface area contributed by atoms with Gasteiger partial charge in [0.05, 0.1) is 0 Å². The van der Waals surface area contributed by atoms with Gasteiger partial charge in [0.15, 0.2) is 0 Å². The van der Waals surface area contributed by atoms with E-state index in [1.807, 2.05) is 30.3 Å². The van der Waals surface area contributed by atoms with E-state index >= 15 is 0 Å². The van der Waals surface area contributed by atoms with Crippen LogP contribution in [-0.2, 0) is 4.74 Å². The predicted octanol–water partition coefficient (Wildman–Crippen LogP) is 3.92. The molecular weight excluding hydrogens is 344 g/mol. The molecule has 1 heterocycles. The average Bonchev–Trinajstić information content (AvgIpc) is 2.65. The van der Waals surface area contributed by atoms with Gasteiger partial charge in [-0.2, -0.15) is 4.98 Å². The molecule has 2 rings (SSSR count). The number of nitrogens with zero attached hydrogens (tertiary/aromatic N) is 2. The van der Waals surface area contributed by atoms with Crippen molar-refractivity contribution in [2.45, 2.75) is 26.7 Å². The number of ether oxygens (including phenoxy) is 2. The third-order valence-electron chi connectivity index (χ3n) is 3.75. The van der Waals surface area contributed by atoms with Crippen molar-refractivity contribution in [3.8, 4) is 5.88 Å². The number of aromatic nitrogens is 1. The zero-order valence-electron chi connectivity index (χ0n) is 16.0. The molecule has 27 heavy (non-hydrogen) atoms. The van der Waals surface area contributed by atoms with Gasteiger partial charge in [-0.05, 0) is 25.0 Å². The van der Waals surface area contributed by atoms with E-state index in [-0.39, 0.29) is 13.2 Å². The van der Waals surface area contributed by atoms with E-state index < -0.39 is 6.09 Å². The number of benzene rings is 1. The van der Waals surface area contributed by atoms with Crippen LogP contribution in [-0.4, -0.2) is 37.4 Å². The Balaban J connectivity index is 1.83. The van der Waals surface area contributed by atoms with Gasteiger partial charge in [0.1, 0.15) is 19.0 Å². The lowest BCUT2D eigenvalue weighted by Gasteiger charge is -2.24. The molecule has 0 saturated carbocycles. The Hall–Kier alpha value is -2.96. The minimum atomic E-state index is -0.525. The van der Waals surface area contributed by atoms with Gasteiger partial charge in [0, 0.05) is 36.6 Å². The van der Waals surface area contributed by atoms with Crippen molar-refractivity contribution in [2.75, 3.05) is 42.3 Å². The van der Waals surface area contributed by atoms with Crippen molar-refractivity contribution < 1.29 is 14.3 Å². The molecule has 1 aromatic carbocycles. The summed E-state index contributed by atoms with van der Waals surface area (Å²) in [4.78, 5) is 18.2. The number of pyridine rings is 1. The Labute approximate surface area is 160 Å². The van der Waals surface area contributed by atoms with E-state index in [4.69, 9.17) is 15.2 Å². The van der Waals surface area contributed by atoms with Crippen LogP contribution in [0, 0.1) is 0 Å². The number of hydrogen-bond acceptors (Lipinski definition) is 6. The number of para-hydroxylation sites is 1. The van der Waals surface area contributed by atoms with E-state index in [0.717, 1.165) is 31.6 Å². The maximum absolute atomic E-state index is 11.7. The maximum atomic E-state index is 11.7. The molecule has 0 aliphatic heterocycles. The molecule has 0 fully saturated rings. The summed E-state index contributed by atoms with van der Waals surface area (Å²) >= 11 is 0. The molecule has 0 aliphatic carbocycles. The second-order valence-corrected chi connectivity index (χ2v) is 6.05. The van der Waals surface area contributed by atoms with Gasteiger partial charge in [-0.1, -0.05) is 32.0 Å². The minimum absolute atomic E-state index is 0.109. The van der Waals surface area contributed by atoms with Crippen LogP contribution in [0.15, 0.2) is 42.5 Å². The highest BCUT2D eigenvalue weighted by Crippen LogP contribution is 2.23. The van der Waals surface area contributed by atoms with Gasteiger partial charge < -0.3 is 20.1 Å². The van der Waals surface area contributed by atoms with Crippen molar-refractivity contribution in [3.05, 3.63) is 42.5 Å². The van der Waals surface area contributed by atoms with Crippen molar-refractivity contribution >= 4 is 23.3 Å². The van der Waals surface area contributed by atoms with E-state index in [9.17, 15) is 4.79 Å². The molecule has 1 aromatic heterocycles. The molecule has 7 nitrogen and oxygen atoms in total. The van der Waals surface area contributed by atoms with Gasteiger partial charge in [-0.3, -0.25) is 5.32 Å². The molecule has 2 aromatic rings. The molecule has 146 valence electrons. The van der Waals surface area contributed by atoms with Gasteiger partial charge in [-0.25, -0.2) is 4.79 Å². The summed E-state index contributed by atoms with van der Waals surface area (Å²) in [5, 5.41) is 2.64. The SMILES string of the molecule is CCCN(CCC)c1cc(N)nc(OCCOC(=O)Nc2ccccc2)c1. The van der Waals surface area contributed by atoms with Gasteiger partial charge in [0.2, 0.25) is 5.88 Å². The Morgan fingerprint density at radius 3 is 2.48 bits per heavy atom. The zero-order chi connectivity index (χ0) is 19.5. The molecule has 7 heteroatoms. The van der Waals surface area contributed by atoms with E-state index in [2.05, 4.69) is 29.0 Å². The molecule has 0 bridgehead atoms. The highest BCUT2D eigenvalue weighted by molar-refractivity contribution is 5.84. The van der Waals surface area contributed by atoms with Crippen LogP contribution in [0.2, 0.25) is 0 Å². The number of carbonyl (C=O) groups is 1. The van der Waals surface area contributed by atoms with Crippen LogP contribution in [0.25, 0.3) is 0 Å². The number of carbonyl (C=O) groups excluding carboxylic acids is 1. The highest BCUT2D eigenvalue weighted by atomic mass is 16.6. The molecule has 0 spiro atoms. The first kappa shape index (κ1) is 20.4. The largest absolute Gasteiger partial charge is 0.474 e. The van der Waals surface area contributed by atoms with E-state index in [1.165, 1.54) is 0 Å². The van der Waals surface area contributed by atoms with Crippen molar-refractivity contribution in [2.24, 2.45) is 0 Å². The van der Waals surface area contributed by atoms with E-state index in [0.29, 0.717) is 17.4 Å². The molecule has 1 amide bonds. The zero-order valence-corrected chi connectivity index (χ0v) is 16.0. The van der Waals surface area contributed by atoms with Gasteiger partial charge >= 0.3 is 6.09 Å². The topological polar surface area (TPSA) is 89.7 Å². The normalized spacial score (nSPS) is 10.3. The number of rotatable bonds is 10. The molecular formula is C20H28N4O3. The summed E-state index contributed by atoms with van der Waals surface area (Å²) in [6, 6.07) is 12.8. The second-order valence-electron chi connectivity index (χ2n) is 6.05. The fraction of sp³-hybridized carbons (Fsp3) is 0.400. The number of anilines is 3. The number of nitrogen functional groups attached to an aromatic ring is 1. The van der Waals surface area contributed by atoms with Crippen LogP contribution < -0.4 is 20.7 Å². The van der Waals surface area contributed by atoms with Gasteiger partial charge in [-0.15, -0.1) is 0 Å². The maximum Gasteiger partial charge on any atom is 0.411 e. The quantitative estimate of drug-likeness (QED) is 0.615. The average molecular weight is 372 g/mol. The third-order valence-corrected chi connectivity index (χ3v) is 3.75.